The SMILES string of the molecule is NC(=O)CCCCCNn1ccc2ccccc21. The number of hydrogen-bond donors (Lipinski definition) is 2. The summed E-state index contributed by atoms with van der Waals surface area (Å²) in [6.07, 6.45) is 5.47. The number of fused-ring (bicyclic) bond motifs is 1. The van der Waals surface area contributed by atoms with E-state index in [1.54, 1.807) is 0 Å². The number of nitrogens with two attached hydrogens (primary N) is 1. The summed E-state index contributed by atoms with van der Waals surface area (Å²) in [7, 11) is 0. The highest BCUT2D eigenvalue weighted by molar-refractivity contribution is 5.80. The van der Waals surface area contributed by atoms with Gasteiger partial charge < -0.3 is 11.2 Å². The minimum atomic E-state index is -0.209. The second-order valence-electron chi connectivity index (χ2n) is 4.43. The van der Waals surface area contributed by atoms with Gasteiger partial charge in [-0.1, -0.05) is 24.6 Å². The first kappa shape index (κ1) is 12.5. The maximum atomic E-state index is 10.6. The Morgan fingerprint density at radius 2 is 2.00 bits per heavy atom. The van der Waals surface area contributed by atoms with Crippen LogP contribution in [0.15, 0.2) is 36.5 Å². The van der Waals surface area contributed by atoms with Crippen LogP contribution in [-0.4, -0.2) is 17.1 Å². The first-order valence-electron chi connectivity index (χ1n) is 6.35. The maximum absolute atomic E-state index is 10.6. The van der Waals surface area contributed by atoms with Crippen LogP contribution in [-0.2, 0) is 4.79 Å². The highest BCUT2D eigenvalue weighted by atomic mass is 16.1. The van der Waals surface area contributed by atoms with Gasteiger partial charge in [0.25, 0.3) is 0 Å². The molecule has 4 heteroatoms. The molecule has 0 radical (unpaired) electrons. The molecule has 3 N–H and O–H groups in total. The topological polar surface area (TPSA) is 60.1 Å². The lowest BCUT2D eigenvalue weighted by atomic mass is 10.2. The van der Waals surface area contributed by atoms with Crippen LogP contribution in [0.2, 0.25) is 0 Å². The molecule has 4 nitrogen and oxygen atoms in total. The van der Waals surface area contributed by atoms with Crippen molar-refractivity contribution in [2.24, 2.45) is 5.73 Å². The minimum Gasteiger partial charge on any atom is -0.370 e. The summed E-state index contributed by atoms with van der Waals surface area (Å²) >= 11 is 0. The van der Waals surface area contributed by atoms with Crippen molar-refractivity contribution < 1.29 is 4.79 Å². The lowest BCUT2D eigenvalue weighted by Crippen LogP contribution is -2.15. The van der Waals surface area contributed by atoms with Crippen LogP contribution < -0.4 is 11.2 Å². The summed E-state index contributed by atoms with van der Waals surface area (Å²) in [6, 6.07) is 10.4. The summed E-state index contributed by atoms with van der Waals surface area (Å²) in [5.41, 5.74) is 9.63. The van der Waals surface area contributed by atoms with E-state index in [4.69, 9.17) is 5.73 Å². The molecule has 0 aliphatic carbocycles. The Kier molecular flexibility index (Phi) is 4.23. The first-order valence-corrected chi connectivity index (χ1v) is 6.35. The van der Waals surface area contributed by atoms with Gasteiger partial charge in [0.15, 0.2) is 0 Å². The van der Waals surface area contributed by atoms with Crippen LogP contribution in [0.5, 0.6) is 0 Å². The molecular weight excluding hydrogens is 226 g/mol. The lowest BCUT2D eigenvalue weighted by Gasteiger charge is -2.08. The zero-order chi connectivity index (χ0) is 12.8. The normalized spacial score (nSPS) is 10.7. The number of hydrogen-bond acceptors (Lipinski definition) is 2. The number of benzene rings is 1. The monoisotopic (exact) mass is 245 g/mol. The third-order valence-electron chi connectivity index (χ3n) is 2.98. The van der Waals surface area contributed by atoms with Gasteiger partial charge in [0.1, 0.15) is 0 Å². The molecule has 0 fully saturated rings. The Morgan fingerprint density at radius 3 is 2.83 bits per heavy atom. The molecule has 2 rings (SSSR count). The van der Waals surface area contributed by atoms with Gasteiger partial charge in [-0.2, -0.15) is 0 Å². The second kappa shape index (κ2) is 6.10. The van der Waals surface area contributed by atoms with Crippen LogP contribution in [0, 0.1) is 0 Å². The summed E-state index contributed by atoms with van der Waals surface area (Å²) in [5.74, 6) is -0.209. The minimum absolute atomic E-state index is 0.209. The highest BCUT2D eigenvalue weighted by Crippen LogP contribution is 2.13. The molecule has 0 spiro atoms. The number of rotatable bonds is 7. The standard InChI is InChI=1S/C14H19N3O/c15-14(18)8-2-1-5-10-16-17-11-9-12-6-3-4-7-13(12)17/h3-4,6-7,9,11,16H,1-2,5,8,10H2,(H2,15,18). The number of unbranched alkanes of at least 4 members (excludes halogenated alkanes) is 2. The smallest absolute Gasteiger partial charge is 0.217 e. The molecule has 1 aromatic carbocycles. The van der Waals surface area contributed by atoms with E-state index in [0.29, 0.717) is 6.42 Å². The van der Waals surface area contributed by atoms with Gasteiger partial charge in [-0.3, -0.25) is 9.47 Å². The zero-order valence-corrected chi connectivity index (χ0v) is 10.4. The summed E-state index contributed by atoms with van der Waals surface area (Å²) in [5, 5.41) is 1.23. The van der Waals surface area contributed by atoms with Crippen molar-refractivity contribution in [2.45, 2.75) is 25.7 Å². The van der Waals surface area contributed by atoms with E-state index in [1.165, 1.54) is 10.9 Å². The average Bonchev–Trinajstić information content (AvgIpc) is 2.77. The van der Waals surface area contributed by atoms with Crippen molar-refractivity contribution in [3.63, 3.8) is 0 Å². The van der Waals surface area contributed by atoms with Gasteiger partial charge >= 0.3 is 0 Å². The number of carbonyl (C=O) groups excluding carboxylic acids is 1. The summed E-state index contributed by atoms with van der Waals surface area (Å²) in [4.78, 5) is 10.6. The van der Waals surface area contributed by atoms with Gasteiger partial charge in [-0.25, -0.2) is 0 Å². The van der Waals surface area contributed by atoms with Crippen molar-refractivity contribution in [3.8, 4) is 0 Å². The van der Waals surface area contributed by atoms with Crippen molar-refractivity contribution in [3.05, 3.63) is 36.5 Å². The van der Waals surface area contributed by atoms with E-state index in [9.17, 15) is 4.79 Å². The van der Waals surface area contributed by atoms with Crippen molar-refractivity contribution in [1.29, 1.82) is 0 Å². The Labute approximate surface area is 107 Å². The third kappa shape index (κ3) is 3.26. The molecular formula is C14H19N3O. The number of carbonyl (C=O) groups is 1. The number of para-hydroxylation sites is 1. The van der Waals surface area contributed by atoms with E-state index >= 15 is 0 Å². The molecule has 2 aromatic rings. The third-order valence-corrected chi connectivity index (χ3v) is 2.98. The molecule has 0 aliphatic rings. The van der Waals surface area contributed by atoms with Gasteiger partial charge in [-0.15, -0.1) is 0 Å². The Morgan fingerprint density at radius 1 is 1.17 bits per heavy atom. The van der Waals surface area contributed by atoms with Crippen LogP contribution in [0.3, 0.4) is 0 Å². The van der Waals surface area contributed by atoms with E-state index in [-0.39, 0.29) is 5.91 Å². The van der Waals surface area contributed by atoms with Crippen molar-refractivity contribution in [1.82, 2.24) is 4.68 Å². The predicted molar refractivity (Wildman–Crippen MR) is 73.8 cm³/mol. The molecule has 1 amide bonds. The second-order valence-corrected chi connectivity index (χ2v) is 4.43. The molecule has 96 valence electrons. The molecule has 18 heavy (non-hydrogen) atoms. The molecule has 0 saturated carbocycles. The number of nitrogens with one attached hydrogen (secondary N) is 1. The van der Waals surface area contributed by atoms with E-state index in [0.717, 1.165) is 25.8 Å². The van der Waals surface area contributed by atoms with Gasteiger partial charge in [0, 0.05) is 24.5 Å². The molecule has 0 saturated heterocycles. The van der Waals surface area contributed by atoms with Gasteiger partial charge in [0.2, 0.25) is 5.91 Å². The quantitative estimate of drug-likeness (QED) is 0.735. The first-order chi connectivity index (χ1) is 8.77. The Balaban J connectivity index is 1.75. The number of primary amides is 1. The van der Waals surface area contributed by atoms with Crippen LogP contribution in [0.4, 0.5) is 0 Å². The van der Waals surface area contributed by atoms with E-state index in [2.05, 4.69) is 23.6 Å². The fourth-order valence-electron chi connectivity index (χ4n) is 2.02. The zero-order valence-electron chi connectivity index (χ0n) is 10.4. The Bertz CT molecular complexity index is 518. The molecule has 0 bridgehead atoms. The van der Waals surface area contributed by atoms with Gasteiger partial charge in [0.05, 0.1) is 5.52 Å². The van der Waals surface area contributed by atoms with Crippen LogP contribution >= 0.6 is 0 Å². The number of nitrogens with zero attached hydrogens (tertiary/aromatic N) is 1. The van der Waals surface area contributed by atoms with E-state index < -0.39 is 0 Å². The van der Waals surface area contributed by atoms with Gasteiger partial charge in [-0.05, 0) is 25.0 Å². The predicted octanol–water partition coefficient (Wildman–Crippen LogP) is 2.23. The summed E-state index contributed by atoms with van der Waals surface area (Å²) in [6.45, 7) is 0.900. The largest absolute Gasteiger partial charge is 0.370 e. The van der Waals surface area contributed by atoms with Crippen molar-refractivity contribution in [2.75, 3.05) is 12.0 Å². The molecule has 0 aliphatic heterocycles. The fourth-order valence-corrected chi connectivity index (χ4v) is 2.02. The number of aromatic nitrogens is 1. The molecule has 0 atom stereocenters. The Hall–Kier alpha value is -1.97. The molecule has 1 aromatic heterocycles. The average molecular weight is 245 g/mol. The molecule has 1 heterocycles. The van der Waals surface area contributed by atoms with Crippen molar-refractivity contribution >= 4 is 16.8 Å². The van der Waals surface area contributed by atoms with E-state index in [1.807, 2.05) is 23.0 Å². The summed E-state index contributed by atoms with van der Waals surface area (Å²) < 4.78 is 2.05. The highest BCUT2D eigenvalue weighted by Gasteiger charge is 1.98. The lowest BCUT2D eigenvalue weighted by molar-refractivity contribution is -0.118. The van der Waals surface area contributed by atoms with Crippen LogP contribution in [0.1, 0.15) is 25.7 Å². The molecule has 0 unspecified atom stereocenters. The number of amides is 1. The fraction of sp³-hybridized carbons (Fsp3) is 0.357. The maximum Gasteiger partial charge on any atom is 0.217 e. The van der Waals surface area contributed by atoms with Crippen LogP contribution in [0.25, 0.3) is 10.9 Å².